The van der Waals surface area contributed by atoms with Crippen LogP contribution in [0.1, 0.15) is 48.7 Å². The smallest absolute Gasteiger partial charge is 0.261 e. The molecule has 1 N–H and O–H groups in total. The van der Waals surface area contributed by atoms with E-state index in [0.29, 0.717) is 35.6 Å². The summed E-state index contributed by atoms with van der Waals surface area (Å²) in [6.45, 7) is 5.00. The molecule has 0 bridgehead atoms. The Hall–Kier alpha value is -2.78. The van der Waals surface area contributed by atoms with E-state index in [1.165, 1.54) is 12.1 Å². The van der Waals surface area contributed by atoms with Crippen LogP contribution in [0.5, 0.6) is 0 Å². The van der Waals surface area contributed by atoms with Gasteiger partial charge in [-0.05, 0) is 56.5 Å². The third-order valence-electron chi connectivity index (χ3n) is 6.10. The van der Waals surface area contributed by atoms with Crippen molar-refractivity contribution in [3.05, 3.63) is 63.5 Å². The molecule has 33 heavy (non-hydrogen) atoms. The van der Waals surface area contributed by atoms with Crippen LogP contribution in [0.4, 0.5) is 10.1 Å². The topological polar surface area (TPSA) is 90.3 Å². The lowest BCUT2D eigenvalue weighted by molar-refractivity contribution is 0.0770. The van der Waals surface area contributed by atoms with Crippen molar-refractivity contribution in [2.45, 2.75) is 43.5 Å². The van der Waals surface area contributed by atoms with Crippen LogP contribution in [-0.2, 0) is 21.6 Å². The molecular weight excluding hydrogens is 445 g/mol. The Morgan fingerprint density at radius 2 is 2.03 bits per heavy atom. The average Bonchev–Trinajstić information content (AvgIpc) is 2.77. The van der Waals surface area contributed by atoms with Gasteiger partial charge in [0.25, 0.3) is 5.56 Å². The van der Waals surface area contributed by atoms with Crippen LogP contribution >= 0.6 is 0 Å². The number of rotatable bonds is 5. The number of benzene rings is 2. The number of ether oxygens (including phenoxy) is 1. The molecule has 0 amide bonds. The molecule has 2 heterocycles. The second-order valence-electron chi connectivity index (χ2n) is 8.78. The van der Waals surface area contributed by atoms with Gasteiger partial charge >= 0.3 is 0 Å². The largest absolute Gasteiger partial charge is 0.381 e. The van der Waals surface area contributed by atoms with Crippen LogP contribution in [-0.4, -0.2) is 37.4 Å². The third-order valence-corrected chi connectivity index (χ3v) is 7.23. The first-order chi connectivity index (χ1) is 15.6. The Balaban J connectivity index is 1.84. The van der Waals surface area contributed by atoms with Crippen molar-refractivity contribution >= 4 is 26.4 Å². The minimum Gasteiger partial charge on any atom is -0.381 e. The van der Waals surface area contributed by atoms with Gasteiger partial charge in [-0.2, -0.15) is 0 Å². The van der Waals surface area contributed by atoms with Crippen molar-refractivity contribution in [2.24, 2.45) is 7.05 Å². The molecule has 0 aliphatic carbocycles. The second-order valence-corrected chi connectivity index (χ2v) is 10.8. The first-order valence-electron chi connectivity index (χ1n) is 10.9. The van der Waals surface area contributed by atoms with Crippen LogP contribution in [0.15, 0.2) is 40.0 Å². The fraction of sp³-hybridized carbons (Fsp3) is 0.417. The van der Waals surface area contributed by atoms with E-state index in [1.54, 1.807) is 11.6 Å². The summed E-state index contributed by atoms with van der Waals surface area (Å²) in [5.41, 5.74) is 2.40. The summed E-state index contributed by atoms with van der Waals surface area (Å²) in [4.78, 5) is 18.0. The summed E-state index contributed by atoms with van der Waals surface area (Å²) in [6, 6.07) is 7.01. The Labute approximate surface area is 192 Å². The van der Waals surface area contributed by atoms with Gasteiger partial charge in [0, 0.05) is 31.4 Å². The normalized spacial score (nSPS) is 17.8. The number of sulfone groups is 1. The molecule has 1 fully saturated rings. The maximum Gasteiger partial charge on any atom is 0.261 e. The summed E-state index contributed by atoms with van der Waals surface area (Å²) < 4.78 is 45.4. The molecule has 176 valence electrons. The highest BCUT2D eigenvalue weighted by molar-refractivity contribution is 7.90. The fourth-order valence-electron chi connectivity index (χ4n) is 4.44. The molecule has 0 spiro atoms. The Kier molecular flexibility index (Phi) is 6.28. The zero-order valence-corrected chi connectivity index (χ0v) is 20.0. The molecule has 3 aromatic rings. The van der Waals surface area contributed by atoms with Crippen molar-refractivity contribution in [2.75, 3.05) is 24.8 Å². The van der Waals surface area contributed by atoms with E-state index in [0.717, 1.165) is 36.3 Å². The van der Waals surface area contributed by atoms with Crippen molar-refractivity contribution in [1.29, 1.82) is 0 Å². The van der Waals surface area contributed by atoms with E-state index in [4.69, 9.17) is 9.72 Å². The van der Waals surface area contributed by atoms with Crippen LogP contribution in [0, 0.1) is 12.7 Å². The fourth-order valence-corrected chi connectivity index (χ4v) is 5.29. The number of aromatic nitrogens is 2. The zero-order chi connectivity index (χ0) is 23.9. The van der Waals surface area contributed by atoms with E-state index < -0.39 is 21.7 Å². The molecule has 2 aromatic carbocycles. The highest BCUT2D eigenvalue weighted by Gasteiger charge is 2.24. The summed E-state index contributed by atoms with van der Waals surface area (Å²) in [6.07, 6.45) is 2.85. The first kappa shape index (κ1) is 23.4. The summed E-state index contributed by atoms with van der Waals surface area (Å²) >= 11 is 0. The molecule has 4 rings (SSSR count). The second kappa shape index (κ2) is 8.87. The summed E-state index contributed by atoms with van der Waals surface area (Å²) in [5, 5.41) is 3.70. The van der Waals surface area contributed by atoms with Gasteiger partial charge in [0.1, 0.15) is 11.6 Å². The predicted molar refractivity (Wildman–Crippen MR) is 126 cm³/mol. The van der Waals surface area contributed by atoms with Gasteiger partial charge in [-0.15, -0.1) is 0 Å². The molecule has 0 radical (unpaired) electrons. The van der Waals surface area contributed by atoms with E-state index in [9.17, 15) is 17.6 Å². The molecule has 0 unspecified atom stereocenters. The third kappa shape index (κ3) is 4.65. The standard InChI is InChI=1S/C24H28FN3O4S/c1-14-10-18(15(2)26-20-8-7-17(25)12-21(20)33(4,30)31)22-19(11-14)24(29)28(3)23(27-22)16-6-5-9-32-13-16/h7-8,10-12,15-16,26H,5-6,9,13H2,1-4H3/t15-,16-/m1/s1. The van der Waals surface area contributed by atoms with Gasteiger partial charge in [0.05, 0.1) is 34.1 Å². The maximum atomic E-state index is 13.8. The van der Waals surface area contributed by atoms with E-state index in [1.807, 2.05) is 26.0 Å². The summed E-state index contributed by atoms with van der Waals surface area (Å²) in [5.74, 6) is 0.0921. The van der Waals surface area contributed by atoms with Crippen molar-refractivity contribution in [3.63, 3.8) is 0 Å². The number of aryl methyl sites for hydroxylation is 1. The van der Waals surface area contributed by atoms with Crippen LogP contribution in [0.25, 0.3) is 10.9 Å². The van der Waals surface area contributed by atoms with Gasteiger partial charge in [-0.1, -0.05) is 6.07 Å². The van der Waals surface area contributed by atoms with E-state index >= 15 is 0 Å². The Morgan fingerprint density at radius 3 is 2.70 bits per heavy atom. The predicted octanol–water partition coefficient (Wildman–Crippen LogP) is 3.85. The SMILES string of the molecule is Cc1cc([C@@H](C)Nc2ccc(F)cc2S(C)(=O)=O)c2nc([C@@H]3CCCOC3)n(C)c(=O)c2c1. The number of fused-ring (bicyclic) bond motifs is 1. The minimum atomic E-state index is -3.65. The first-order valence-corrected chi connectivity index (χ1v) is 12.8. The van der Waals surface area contributed by atoms with Crippen LogP contribution in [0.2, 0.25) is 0 Å². The van der Waals surface area contributed by atoms with Crippen molar-refractivity contribution in [3.8, 4) is 0 Å². The van der Waals surface area contributed by atoms with Crippen LogP contribution < -0.4 is 10.9 Å². The van der Waals surface area contributed by atoms with Gasteiger partial charge in [0.15, 0.2) is 9.84 Å². The Bertz CT molecular complexity index is 1380. The minimum absolute atomic E-state index is 0.0344. The van der Waals surface area contributed by atoms with Gasteiger partial charge in [0.2, 0.25) is 0 Å². The maximum absolute atomic E-state index is 13.8. The van der Waals surface area contributed by atoms with Gasteiger partial charge in [-0.25, -0.2) is 17.8 Å². The number of halogens is 1. The van der Waals surface area contributed by atoms with Crippen molar-refractivity contribution < 1.29 is 17.5 Å². The lowest BCUT2D eigenvalue weighted by atomic mass is 9.98. The molecule has 1 aliphatic heterocycles. The molecule has 7 nitrogen and oxygen atoms in total. The molecule has 1 saturated heterocycles. The number of nitrogens with zero attached hydrogens (tertiary/aromatic N) is 2. The monoisotopic (exact) mass is 473 g/mol. The van der Waals surface area contributed by atoms with Gasteiger partial charge < -0.3 is 10.1 Å². The lowest BCUT2D eigenvalue weighted by Gasteiger charge is -2.25. The highest BCUT2D eigenvalue weighted by atomic mass is 32.2. The zero-order valence-electron chi connectivity index (χ0n) is 19.2. The molecule has 2 atom stereocenters. The molecule has 9 heteroatoms. The highest BCUT2D eigenvalue weighted by Crippen LogP contribution is 2.31. The number of nitrogens with one attached hydrogen (secondary N) is 1. The Morgan fingerprint density at radius 1 is 1.27 bits per heavy atom. The number of hydrogen-bond acceptors (Lipinski definition) is 6. The van der Waals surface area contributed by atoms with Gasteiger partial charge in [-0.3, -0.25) is 9.36 Å². The lowest BCUT2D eigenvalue weighted by Crippen LogP contribution is -2.28. The number of anilines is 1. The molecular formula is C24H28FN3O4S. The van der Waals surface area contributed by atoms with E-state index in [2.05, 4.69) is 5.32 Å². The summed E-state index contributed by atoms with van der Waals surface area (Å²) in [7, 11) is -1.92. The average molecular weight is 474 g/mol. The molecule has 1 aliphatic rings. The van der Waals surface area contributed by atoms with Crippen molar-refractivity contribution in [1.82, 2.24) is 9.55 Å². The number of hydrogen-bond donors (Lipinski definition) is 1. The molecule has 1 aromatic heterocycles. The quantitative estimate of drug-likeness (QED) is 0.605. The van der Waals surface area contributed by atoms with Crippen LogP contribution in [0.3, 0.4) is 0 Å². The van der Waals surface area contributed by atoms with E-state index in [-0.39, 0.29) is 16.4 Å². The molecule has 0 saturated carbocycles.